The molecule has 1 aromatic rings. The standard InChI is InChI=1S/C12H15FO3/c1-4-12(2,15)11(14)8-5-6-10(16-3)9(13)7-8/h5-7,15H,4H2,1-3H3. The van der Waals surface area contributed by atoms with Crippen molar-refractivity contribution in [3.8, 4) is 5.75 Å². The Balaban J connectivity index is 3.07. The third-order valence-corrected chi connectivity index (χ3v) is 2.59. The first-order valence-corrected chi connectivity index (χ1v) is 5.03. The van der Waals surface area contributed by atoms with E-state index in [4.69, 9.17) is 4.74 Å². The molecule has 16 heavy (non-hydrogen) atoms. The van der Waals surface area contributed by atoms with Gasteiger partial charge < -0.3 is 9.84 Å². The zero-order chi connectivity index (χ0) is 12.3. The Morgan fingerprint density at radius 2 is 2.19 bits per heavy atom. The van der Waals surface area contributed by atoms with Crippen LogP contribution >= 0.6 is 0 Å². The van der Waals surface area contributed by atoms with Crippen molar-refractivity contribution in [2.45, 2.75) is 25.9 Å². The summed E-state index contributed by atoms with van der Waals surface area (Å²) in [5.41, 5.74) is -1.31. The van der Waals surface area contributed by atoms with E-state index in [1.165, 1.54) is 26.2 Å². The van der Waals surface area contributed by atoms with Gasteiger partial charge in [0.15, 0.2) is 17.3 Å². The molecule has 1 N–H and O–H groups in total. The molecule has 1 rings (SSSR count). The molecule has 88 valence electrons. The molecule has 0 fully saturated rings. The van der Waals surface area contributed by atoms with Crippen molar-refractivity contribution in [2.24, 2.45) is 0 Å². The lowest BCUT2D eigenvalue weighted by Crippen LogP contribution is -2.34. The summed E-state index contributed by atoms with van der Waals surface area (Å²) in [5, 5.41) is 9.76. The molecule has 0 radical (unpaired) electrons. The topological polar surface area (TPSA) is 46.5 Å². The fourth-order valence-corrected chi connectivity index (χ4v) is 1.28. The number of carbonyl (C=O) groups excluding carboxylic acids is 1. The SMILES string of the molecule is CCC(C)(O)C(=O)c1ccc(OC)c(F)c1. The van der Waals surface area contributed by atoms with Crippen LogP contribution in [0.25, 0.3) is 0 Å². The minimum Gasteiger partial charge on any atom is -0.494 e. The highest BCUT2D eigenvalue weighted by atomic mass is 19.1. The molecule has 0 amide bonds. The molecule has 0 aromatic heterocycles. The quantitative estimate of drug-likeness (QED) is 0.800. The van der Waals surface area contributed by atoms with E-state index < -0.39 is 17.2 Å². The van der Waals surface area contributed by atoms with Gasteiger partial charge in [-0.3, -0.25) is 4.79 Å². The average Bonchev–Trinajstić information content (AvgIpc) is 2.27. The Morgan fingerprint density at radius 3 is 2.62 bits per heavy atom. The first kappa shape index (κ1) is 12.6. The third kappa shape index (κ3) is 2.39. The Kier molecular flexibility index (Phi) is 3.65. The number of halogens is 1. The number of Topliss-reactive ketones (excluding diaryl/α,β-unsaturated/α-hetero) is 1. The van der Waals surface area contributed by atoms with Gasteiger partial charge in [-0.25, -0.2) is 4.39 Å². The van der Waals surface area contributed by atoms with Crippen molar-refractivity contribution in [1.29, 1.82) is 0 Å². The van der Waals surface area contributed by atoms with Crippen molar-refractivity contribution in [3.63, 3.8) is 0 Å². The van der Waals surface area contributed by atoms with Crippen molar-refractivity contribution < 1.29 is 19.0 Å². The molecule has 0 aliphatic heterocycles. The molecule has 3 nitrogen and oxygen atoms in total. The zero-order valence-electron chi connectivity index (χ0n) is 9.58. The predicted molar refractivity (Wildman–Crippen MR) is 58.2 cm³/mol. The number of carbonyl (C=O) groups is 1. The van der Waals surface area contributed by atoms with E-state index in [-0.39, 0.29) is 17.7 Å². The Morgan fingerprint density at radius 1 is 1.56 bits per heavy atom. The molecule has 0 aliphatic rings. The van der Waals surface area contributed by atoms with Crippen LogP contribution in [-0.2, 0) is 0 Å². The largest absolute Gasteiger partial charge is 0.494 e. The molecule has 0 saturated heterocycles. The number of benzene rings is 1. The third-order valence-electron chi connectivity index (χ3n) is 2.59. The average molecular weight is 226 g/mol. The van der Waals surface area contributed by atoms with Gasteiger partial charge >= 0.3 is 0 Å². The summed E-state index contributed by atoms with van der Waals surface area (Å²) in [7, 11) is 1.35. The summed E-state index contributed by atoms with van der Waals surface area (Å²) in [5.74, 6) is -1.02. The van der Waals surface area contributed by atoms with Gasteiger partial charge in [-0.1, -0.05) is 6.92 Å². The molecule has 0 bridgehead atoms. The Hall–Kier alpha value is -1.42. The van der Waals surface area contributed by atoms with E-state index in [0.29, 0.717) is 0 Å². The molecular weight excluding hydrogens is 211 g/mol. The van der Waals surface area contributed by atoms with Crippen LogP contribution in [-0.4, -0.2) is 23.6 Å². The Labute approximate surface area is 93.9 Å². The molecule has 0 aliphatic carbocycles. The van der Waals surface area contributed by atoms with Crippen LogP contribution in [0.15, 0.2) is 18.2 Å². The van der Waals surface area contributed by atoms with Gasteiger partial charge in [-0.15, -0.1) is 0 Å². The van der Waals surface area contributed by atoms with E-state index in [9.17, 15) is 14.3 Å². The van der Waals surface area contributed by atoms with Gasteiger partial charge in [0, 0.05) is 5.56 Å². The van der Waals surface area contributed by atoms with Gasteiger partial charge in [0.2, 0.25) is 0 Å². The normalized spacial score (nSPS) is 14.3. The zero-order valence-corrected chi connectivity index (χ0v) is 9.58. The van der Waals surface area contributed by atoms with Crippen molar-refractivity contribution in [3.05, 3.63) is 29.6 Å². The number of hydrogen-bond donors (Lipinski definition) is 1. The van der Waals surface area contributed by atoms with Crippen LogP contribution in [0, 0.1) is 5.82 Å². The van der Waals surface area contributed by atoms with Crippen LogP contribution in [0.3, 0.4) is 0 Å². The molecule has 1 aromatic carbocycles. The van der Waals surface area contributed by atoms with Crippen molar-refractivity contribution >= 4 is 5.78 Å². The van der Waals surface area contributed by atoms with Gasteiger partial charge in [0.25, 0.3) is 0 Å². The minimum atomic E-state index is -1.46. The number of ketones is 1. The van der Waals surface area contributed by atoms with E-state index in [1.54, 1.807) is 6.92 Å². The maximum Gasteiger partial charge on any atom is 0.194 e. The lowest BCUT2D eigenvalue weighted by molar-refractivity contribution is 0.0390. The van der Waals surface area contributed by atoms with E-state index in [0.717, 1.165) is 6.07 Å². The lowest BCUT2D eigenvalue weighted by Gasteiger charge is -2.19. The summed E-state index contributed by atoms with van der Waals surface area (Å²) in [6.45, 7) is 3.11. The van der Waals surface area contributed by atoms with Crippen LogP contribution < -0.4 is 4.74 Å². The van der Waals surface area contributed by atoms with E-state index in [1.807, 2.05) is 0 Å². The molecule has 0 heterocycles. The number of rotatable bonds is 4. The number of ether oxygens (including phenoxy) is 1. The second-order valence-corrected chi connectivity index (χ2v) is 3.81. The maximum absolute atomic E-state index is 13.3. The summed E-state index contributed by atoms with van der Waals surface area (Å²) >= 11 is 0. The van der Waals surface area contributed by atoms with E-state index in [2.05, 4.69) is 0 Å². The molecule has 0 saturated carbocycles. The molecule has 1 atom stereocenters. The van der Waals surface area contributed by atoms with Crippen LogP contribution in [0.2, 0.25) is 0 Å². The lowest BCUT2D eigenvalue weighted by atomic mass is 9.92. The second kappa shape index (κ2) is 4.61. The summed E-state index contributed by atoms with van der Waals surface area (Å²) in [4.78, 5) is 11.8. The van der Waals surface area contributed by atoms with Crippen LogP contribution in [0.5, 0.6) is 5.75 Å². The first-order valence-electron chi connectivity index (χ1n) is 5.03. The highest BCUT2D eigenvalue weighted by Crippen LogP contribution is 2.22. The Bertz CT molecular complexity index is 399. The molecule has 4 heteroatoms. The number of hydrogen-bond acceptors (Lipinski definition) is 3. The van der Waals surface area contributed by atoms with Crippen LogP contribution in [0.4, 0.5) is 4.39 Å². The summed E-state index contributed by atoms with van der Waals surface area (Å²) in [6.07, 6.45) is 0.277. The smallest absolute Gasteiger partial charge is 0.194 e. The van der Waals surface area contributed by atoms with Crippen molar-refractivity contribution in [2.75, 3.05) is 7.11 Å². The molecule has 0 spiro atoms. The van der Waals surface area contributed by atoms with Gasteiger partial charge in [0.1, 0.15) is 5.60 Å². The fourth-order valence-electron chi connectivity index (χ4n) is 1.28. The van der Waals surface area contributed by atoms with Crippen LogP contribution in [0.1, 0.15) is 30.6 Å². The highest BCUT2D eigenvalue weighted by molar-refractivity contribution is 6.02. The second-order valence-electron chi connectivity index (χ2n) is 3.81. The van der Waals surface area contributed by atoms with E-state index >= 15 is 0 Å². The monoisotopic (exact) mass is 226 g/mol. The first-order chi connectivity index (χ1) is 7.42. The summed E-state index contributed by atoms with van der Waals surface area (Å²) < 4.78 is 18.1. The highest BCUT2D eigenvalue weighted by Gasteiger charge is 2.29. The number of aliphatic hydroxyl groups is 1. The predicted octanol–water partition coefficient (Wildman–Crippen LogP) is 2.18. The van der Waals surface area contributed by atoms with Gasteiger partial charge in [-0.05, 0) is 31.5 Å². The molecule has 1 unspecified atom stereocenters. The van der Waals surface area contributed by atoms with Crippen molar-refractivity contribution in [1.82, 2.24) is 0 Å². The molecular formula is C12H15FO3. The van der Waals surface area contributed by atoms with Gasteiger partial charge in [-0.2, -0.15) is 0 Å². The maximum atomic E-state index is 13.3. The fraction of sp³-hybridized carbons (Fsp3) is 0.417. The summed E-state index contributed by atoms with van der Waals surface area (Å²) in [6, 6.07) is 3.88. The minimum absolute atomic E-state index is 0.0766. The van der Waals surface area contributed by atoms with Gasteiger partial charge in [0.05, 0.1) is 7.11 Å². The number of methoxy groups -OCH3 is 1.